The molecule has 2 aromatic carbocycles. The summed E-state index contributed by atoms with van der Waals surface area (Å²) in [5, 5.41) is 12.0. The maximum absolute atomic E-state index is 11.6. The Balaban J connectivity index is 1.94. The molecule has 1 N–H and O–H groups in total. The van der Waals surface area contributed by atoms with Gasteiger partial charge in [-0.2, -0.15) is 0 Å². The molecule has 0 radical (unpaired) electrons. The molecule has 162 valence electrons. The molecule has 30 heavy (non-hydrogen) atoms. The van der Waals surface area contributed by atoms with Crippen molar-refractivity contribution in [3.05, 3.63) is 60.7 Å². The smallest absolute Gasteiger partial charge is 0.407 e. The third kappa shape index (κ3) is 4.32. The van der Waals surface area contributed by atoms with E-state index in [2.05, 4.69) is 81.4 Å². The van der Waals surface area contributed by atoms with Crippen molar-refractivity contribution in [2.75, 3.05) is 13.2 Å². The van der Waals surface area contributed by atoms with Crippen molar-refractivity contribution in [3.8, 4) is 0 Å². The lowest BCUT2D eigenvalue weighted by Gasteiger charge is -2.47. The van der Waals surface area contributed by atoms with E-state index in [4.69, 9.17) is 4.43 Å². The number of likely N-dealkylation sites (tertiary alicyclic amines) is 1. The Kier molecular flexibility index (Phi) is 6.44. The molecule has 2 aromatic rings. The van der Waals surface area contributed by atoms with Crippen molar-refractivity contribution < 1.29 is 14.3 Å². The SMILES string of the molecule is CC1(C)C[C@H](CO[Si](c2ccccc2)(c2ccccc2)C(C)(C)C)CCN1C(=O)O. The van der Waals surface area contributed by atoms with Crippen LogP contribution in [0.25, 0.3) is 0 Å². The van der Waals surface area contributed by atoms with Gasteiger partial charge in [-0.25, -0.2) is 4.79 Å². The van der Waals surface area contributed by atoms with Crippen LogP contribution in [-0.4, -0.2) is 43.1 Å². The van der Waals surface area contributed by atoms with Crippen LogP contribution in [0.2, 0.25) is 5.04 Å². The monoisotopic (exact) mass is 425 g/mol. The predicted octanol–water partition coefficient (Wildman–Crippen LogP) is 4.73. The third-order valence-corrected chi connectivity index (χ3v) is 11.5. The van der Waals surface area contributed by atoms with E-state index in [-0.39, 0.29) is 10.6 Å². The lowest BCUT2D eigenvalue weighted by molar-refractivity contribution is 0.0342. The molecule has 0 saturated carbocycles. The summed E-state index contributed by atoms with van der Waals surface area (Å²) < 4.78 is 7.07. The fraction of sp³-hybridized carbons (Fsp3) is 0.480. The largest absolute Gasteiger partial charge is 0.465 e. The first-order valence-electron chi connectivity index (χ1n) is 10.8. The molecule has 0 aliphatic carbocycles. The van der Waals surface area contributed by atoms with Gasteiger partial charge in [0, 0.05) is 18.7 Å². The van der Waals surface area contributed by atoms with Gasteiger partial charge in [0.2, 0.25) is 0 Å². The van der Waals surface area contributed by atoms with Gasteiger partial charge in [0.1, 0.15) is 0 Å². The Hall–Kier alpha value is -2.11. The van der Waals surface area contributed by atoms with E-state index in [0.29, 0.717) is 19.1 Å². The van der Waals surface area contributed by atoms with Crippen LogP contribution in [0.5, 0.6) is 0 Å². The van der Waals surface area contributed by atoms with Gasteiger partial charge in [-0.15, -0.1) is 0 Å². The van der Waals surface area contributed by atoms with Crippen LogP contribution in [0.1, 0.15) is 47.5 Å². The quantitative estimate of drug-likeness (QED) is 0.705. The minimum Gasteiger partial charge on any atom is -0.465 e. The van der Waals surface area contributed by atoms with Gasteiger partial charge < -0.3 is 14.4 Å². The Morgan fingerprint density at radius 1 is 1.07 bits per heavy atom. The molecule has 0 bridgehead atoms. The molecule has 3 rings (SSSR count). The summed E-state index contributed by atoms with van der Waals surface area (Å²) in [6, 6.07) is 21.4. The second kappa shape index (κ2) is 8.56. The molecule has 1 aliphatic rings. The number of carboxylic acid groups (broad SMARTS) is 1. The summed E-state index contributed by atoms with van der Waals surface area (Å²) in [6.45, 7) is 12.1. The molecule has 1 saturated heterocycles. The first kappa shape index (κ1) is 22.6. The maximum atomic E-state index is 11.6. The first-order valence-corrected chi connectivity index (χ1v) is 12.7. The van der Waals surface area contributed by atoms with Crippen molar-refractivity contribution in [2.24, 2.45) is 5.92 Å². The zero-order valence-corrected chi connectivity index (χ0v) is 19.9. The molecule has 0 unspecified atom stereocenters. The van der Waals surface area contributed by atoms with E-state index >= 15 is 0 Å². The minimum absolute atomic E-state index is 0.0486. The summed E-state index contributed by atoms with van der Waals surface area (Å²) in [5.41, 5.74) is -0.371. The van der Waals surface area contributed by atoms with Gasteiger partial charge in [0.15, 0.2) is 0 Å². The number of amides is 1. The maximum Gasteiger partial charge on any atom is 0.407 e. The van der Waals surface area contributed by atoms with Crippen LogP contribution in [0.3, 0.4) is 0 Å². The number of rotatable bonds is 5. The lowest BCUT2D eigenvalue weighted by atomic mass is 9.83. The zero-order valence-electron chi connectivity index (χ0n) is 18.9. The summed E-state index contributed by atoms with van der Waals surface area (Å²) in [7, 11) is -2.55. The molecule has 1 aliphatic heterocycles. The number of hydrogen-bond donors (Lipinski definition) is 1. The van der Waals surface area contributed by atoms with Crippen LogP contribution in [0.15, 0.2) is 60.7 Å². The van der Waals surface area contributed by atoms with Gasteiger partial charge in [-0.05, 0) is 48.0 Å². The van der Waals surface area contributed by atoms with Crippen molar-refractivity contribution >= 4 is 24.8 Å². The van der Waals surface area contributed by atoms with Gasteiger partial charge in [-0.3, -0.25) is 0 Å². The van der Waals surface area contributed by atoms with Crippen LogP contribution < -0.4 is 10.4 Å². The topological polar surface area (TPSA) is 49.8 Å². The van der Waals surface area contributed by atoms with Gasteiger partial charge in [0.05, 0.1) is 0 Å². The highest BCUT2D eigenvalue weighted by atomic mass is 28.4. The highest BCUT2D eigenvalue weighted by Gasteiger charge is 2.50. The predicted molar refractivity (Wildman–Crippen MR) is 125 cm³/mol. The molecular weight excluding hydrogens is 390 g/mol. The van der Waals surface area contributed by atoms with E-state index in [9.17, 15) is 9.90 Å². The molecule has 1 atom stereocenters. The normalized spacial score (nSPS) is 19.5. The molecule has 1 amide bonds. The van der Waals surface area contributed by atoms with Crippen LogP contribution >= 0.6 is 0 Å². The Morgan fingerprint density at radius 3 is 1.97 bits per heavy atom. The molecule has 4 nitrogen and oxygen atoms in total. The van der Waals surface area contributed by atoms with Crippen LogP contribution in [0, 0.1) is 5.92 Å². The fourth-order valence-electron chi connectivity index (χ4n) is 5.03. The van der Waals surface area contributed by atoms with Gasteiger partial charge >= 0.3 is 6.09 Å². The summed E-state index contributed by atoms with van der Waals surface area (Å²) in [6.07, 6.45) is 0.831. The van der Waals surface area contributed by atoms with Crippen molar-refractivity contribution in [1.29, 1.82) is 0 Å². The number of benzene rings is 2. The minimum atomic E-state index is -2.55. The van der Waals surface area contributed by atoms with Gasteiger partial charge in [-0.1, -0.05) is 81.4 Å². The molecule has 5 heteroatoms. The number of carbonyl (C=O) groups is 1. The van der Waals surface area contributed by atoms with Crippen molar-refractivity contribution in [2.45, 2.75) is 58.0 Å². The van der Waals surface area contributed by atoms with E-state index < -0.39 is 14.4 Å². The molecule has 0 spiro atoms. The van der Waals surface area contributed by atoms with Crippen LogP contribution in [-0.2, 0) is 4.43 Å². The number of hydrogen-bond acceptors (Lipinski definition) is 2. The molecule has 1 heterocycles. The third-order valence-electron chi connectivity index (χ3n) is 6.46. The second-order valence-corrected chi connectivity index (χ2v) is 14.4. The molecular formula is C25H35NO3Si. The van der Waals surface area contributed by atoms with Crippen LogP contribution in [0.4, 0.5) is 4.79 Å². The summed E-state index contributed by atoms with van der Waals surface area (Å²) in [4.78, 5) is 13.2. The standard InChI is InChI=1S/C25H35NO3Si/c1-24(2,3)30(21-12-8-6-9-13-21,22-14-10-7-11-15-22)29-19-20-16-17-26(23(27)28)25(4,5)18-20/h6-15,20H,16-19H2,1-5H3,(H,27,28)/t20-/m1/s1. The molecule has 1 fully saturated rings. The average Bonchev–Trinajstić information content (AvgIpc) is 2.68. The van der Waals surface area contributed by atoms with E-state index in [1.165, 1.54) is 10.4 Å². The number of nitrogens with zero attached hydrogens (tertiary/aromatic N) is 1. The van der Waals surface area contributed by atoms with E-state index in [1.807, 2.05) is 13.8 Å². The fourth-order valence-corrected chi connectivity index (χ4v) is 9.68. The van der Waals surface area contributed by atoms with Crippen molar-refractivity contribution in [1.82, 2.24) is 4.90 Å². The lowest BCUT2D eigenvalue weighted by Crippen LogP contribution is -2.67. The number of piperidine rings is 1. The van der Waals surface area contributed by atoms with Crippen molar-refractivity contribution in [3.63, 3.8) is 0 Å². The zero-order chi connectivity index (χ0) is 22.0. The Morgan fingerprint density at radius 2 is 1.57 bits per heavy atom. The first-order chi connectivity index (χ1) is 14.1. The Bertz CT molecular complexity index is 806. The summed E-state index contributed by atoms with van der Waals surface area (Å²) in [5.74, 6) is 0.345. The summed E-state index contributed by atoms with van der Waals surface area (Å²) >= 11 is 0. The second-order valence-electron chi connectivity index (χ2n) is 10.1. The van der Waals surface area contributed by atoms with E-state index in [0.717, 1.165) is 12.8 Å². The highest BCUT2D eigenvalue weighted by molar-refractivity contribution is 6.99. The van der Waals surface area contributed by atoms with Gasteiger partial charge in [0.25, 0.3) is 8.32 Å². The van der Waals surface area contributed by atoms with E-state index in [1.54, 1.807) is 4.90 Å². The molecule has 0 aromatic heterocycles. The average molecular weight is 426 g/mol. The highest BCUT2D eigenvalue weighted by Crippen LogP contribution is 2.38. The Labute approximate surface area is 182 Å².